The molecular formula is C25H20BrClFN7O2. The van der Waals surface area contributed by atoms with Crippen LogP contribution >= 0.6 is 27.5 Å². The Kier molecular flexibility index (Phi) is 6.27. The van der Waals surface area contributed by atoms with Crippen molar-refractivity contribution in [1.82, 2.24) is 14.5 Å². The number of hydrogen-bond donors (Lipinski definition) is 3. The van der Waals surface area contributed by atoms with E-state index in [1.807, 2.05) is 6.07 Å². The highest BCUT2D eigenvalue weighted by molar-refractivity contribution is 9.10. The van der Waals surface area contributed by atoms with Crippen molar-refractivity contribution in [2.45, 2.75) is 12.6 Å². The first-order valence-corrected chi connectivity index (χ1v) is 12.7. The molecule has 4 aliphatic heterocycles. The molecule has 9 nitrogen and oxygen atoms in total. The molecule has 0 aromatic heterocycles. The molecule has 0 spiro atoms. The predicted octanol–water partition coefficient (Wildman–Crippen LogP) is 4.97. The summed E-state index contributed by atoms with van der Waals surface area (Å²) in [5, 5.41) is 9.01. The summed E-state index contributed by atoms with van der Waals surface area (Å²) >= 11 is 9.61. The van der Waals surface area contributed by atoms with Gasteiger partial charge in [0.2, 0.25) is 5.62 Å². The molecule has 2 aromatic carbocycles. The molecule has 4 aliphatic rings. The van der Waals surface area contributed by atoms with Crippen LogP contribution < -0.4 is 21.6 Å². The number of pyridine rings is 1. The van der Waals surface area contributed by atoms with Crippen LogP contribution in [0.2, 0.25) is 5.02 Å². The van der Waals surface area contributed by atoms with Crippen molar-refractivity contribution in [3.05, 3.63) is 69.6 Å². The molecule has 1 saturated heterocycles. The van der Waals surface area contributed by atoms with E-state index in [9.17, 15) is 9.18 Å². The van der Waals surface area contributed by atoms with Gasteiger partial charge in [0.25, 0.3) is 0 Å². The van der Waals surface area contributed by atoms with Gasteiger partial charge in [-0.1, -0.05) is 39.7 Å². The largest absolute Gasteiger partial charge is 0.377 e. The number of benzene rings is 2. The maximum Gasteiger partial charge on any atom is 0.323 e. The second kappa shape index (κ2) is 9.73. The van der Waals surface area contributed by atoms with Crippen LogP contribution in [0.25, 0.3) is 22.5 Å². The molecule has 0 bridgehead atoms. The quantitative estimate of drug-likeness (QED) is 0.314. The summed E-state index contributed by atoms with van der Waals surface area (Å²) in [7, 11) is 0. The Morgan fingerprint density at radius 1 is 1.19 bits per heavy atom. The fourth-order valence-electron chi connectivity index (χ4n) is 4.28. The van der Waals surface area contributed by atoms with Crippen LogP contribution in [0.1, 0.15) is 0 Å². The van der Waals surface area contributed by atoms with Crippen molar-refractivity contribution in [3.63, 3.8) is 0 Å². The van der Waals surface area contributed by atoms with Crippen molar-refractivity contribution in [1.29, 1.82) is 0 Å². The monoisotopic (exact) mass is 583 g/mol. The number of urea groups is 1. The van der Waals surface area contributed by atoms with E-state index in [2.05, 4.69) is 51.4 Å². The van der Waals surface area contributed by atoms with E-state index in [4.69, 9.17) is 16.3 Å². The zero-order valence-corrected chi connectivity index (χ0v) is 21.6. The van der Waals surface area contributed by atoms with Crippen LogP contribution in [0.4, 0.5) is 26.4 Å². The fraction of sp³-hybridized carbons (Fsp3) is 0.200. The van der Waals surface area contributed by atoms with E-state index >= 15 is 0 Å². The molecule has 2 amide bonds. The van der Waals surface area contributed by atoms with Crippen LogP contribution in [-0.4, -0.2) is 46.4 Å². The van der Waals surface area contributed by atoms with Crippen LogP contribution in [0, 0.1) is 5.82 Å². The second-order valence-corrected chi connectivity index (χ2v) is 9.89. The van der Waals surface area contributed by atoms with Crippen LogP contribution in [0.5, 0.6) is 0 Å². The molecule has 4 heterocycles. The van der Waals surface area contributed by atoms with Gasteiger partial charge < -0.3 is 25.3 Å². The van der Waals surface area contributed by atoms with E-state index in [1.165, 1.54) is 6.07 Å². The maximum atomic E-state index is 14.9. The first kappa shape index (κ1) is 23.8. The van der Waals surface area contributed by atoms with Gasteiger partial charge in [0.15, 0.2) is 0 Å². The van der Waals surface area contributed by atoms with Gasteiger partial charge in [0.05, 0.1) is 29.6 Å². The third-order valence-corrected chi connectivity index (χ3v) is 7.11. The zero-order chi connectivity index (χ0) is 25.5. The number of fused-ring (bicyclic) bond motifs is 3. The van der Waals surface area contributed by atoms with Gasteiger partial charge in [0.1, 0.15) is 23.5 Å². The molecular weight excluding hydrogens is 565 g/mol. The number of para-hydroxylation sites is 1. The standard InChI is InChI=1S/C25H20BrClFN7O2/c26-17-9-19(28)21(33-25(36)32-20-4-2-1-3-18(20)27)8-15(17)16-7-13-10-30-24(31-14-11-37-12-14)34-22(13)35-6-5-29-23(16)35/h1-4,7-10,14,29H,5-6,11-12H2,(H2,32,33,36). The Bertz CT molecular complexity index is 1570. The average molecular weight is 585 g/mol. The summed E-state index contributed by atoms with van der Waals surface area (Å²) in [6.45, 7) is 2.58. The maximum absolute atomic E-state index is 14.9. The minimum Gasteiger partial charge on any atom is -0.377 e. The molecule has 12 heteroatoms. The molecule has 6 rings (SSSR count). The normalized spacial score (nSPS) is 15.3. The number of ether oxygens (including phenoxy) is 1. The van der Waals surface area contributed by atoms with Gasteiger partial charge in [-0.3, -0.25) is 0 Å². The lowest BCUT2D eigenvalue weighted by molar-refractivity contribution is 0.0112. The van der Waals surface area contributed by atoms with E-state index in [-0.39, 0.29) is 11.7 Å². The molecule has 37 heavy (non-hydrogen) atoms. The number of hydrogen-bond acceptors (Lipinski definition) is 6. The van der Waals surface area contributed by atoms with Gasteiger partial charge in [0, 0.05) is 40.4 Å². The van der Waals surface area contributed by atoms with Crippen molar-refractivity contribution in [3.8, 4) is 22.5 Å². The van der Waals surface area contributed by atoms with E-state index in [0.29, 0.717) is 52.7 Å². The summed E-state index contributed by atoms with van der Waals surface area (Å²) in [5.74, 6) is 1.01. The molecule has 1 fully saturated rings. The van der Waals surface area contributed by atoms with Gasteiger partial charge in [-0.2, -0.15) is 4.98 Å². The average Bonchev–Trinajstić information content (AvgIpc) is 3.35. The molecule has 3 N–H and O–H groups in total. The number of halogens is 3. The fourth-order valence-corrected chi connectivity index (χ4v) is 4.99. The third-order valence-electron chi connectivity index (χ3n) is 6.13. The van der Waals surface area contributed by atoms with Crippen molar-refractivity contribution >= 4 is 50.8 Å². The number of aromatic nitrogens is 3. The van der Waals surface area contributed by atoms with Crippen LogP contribution in [-0.2, 0) is 11.3 Å². The Labute approximate surface area is 224 Å². The SMILES string of the molecule is O=C(Nc1cc(-c2cc3cnc(=NC4COC4)nc-3n3c2NCC3)c(Br)cc1F)Nc1ccccc1Cl. The Morgan fingerprint density at radius 3 is 2.78 bits per heavy atom. The van der Waals surface area contributed by atoms with E-state index in [1.54, 1.807) is 36.5 Å². The number of anilines is 3. The van der Waals surface area contributed by atoms with E-state index < -0.39 is 11.8 Å². The summed E-state index contributed by atoms with van der Waals surface area (Å²) in [6, 6.07) is 11.2. The predicted molar refractivity (Wildman–Crippen MR) is 142 cm³/mol. The minimum atomic E-state index is -0.613. The molecule has 2 aromatic rings. The molecule has 0 atom stereocenters. The second-order valence-electron chi connectivity index (χ2n) is 8.63. The number of carbonyl (C=O) groups is 1. The first-order chi connectivity index (χ1) is 18.0. The lowest BCUT2D eigenvalue weighted by atomic mass is 10.0. The van der Waals surface area contributed by atoms with Gasteiger partial charge in [-0.15, -0.1) is 0 Å². The van der Waals surface area contributed by atoms with Gasteiger partial charge >= 0.3 is 6.03 Å². The summed E-state index contributed by atoms with van der Waals surface area (Å²) < 4.78 is 22.7. The lowest BCUT2D eigenvalue weighted by Crippen LogP contribution is -2.34. The first-order valence-electron chi connectivity index (χ1n) is 11.5. The number of amides is 2. The van der Waals surface area contributed by atoms with Crippen molar-refractivity contribution in [2.24, 2.45) is 4.99 Å². The molecule has 0 saturated carbocycles. The van der Waals surface area contributed by atoms with E-state index in [0.717, 1.165) is 22.8 Å². The third kappa shape index (κ3) is 4.65. The summed E-state index contributed by atoms with van der Waals surface area (Å²) in [4.78, 5) is 26.2. The minimum absolute atomic E-state index is 0.0210. The number of nitrogens with one attached hydrogen (secondary N) is 3. The van der Waals surface area contributed by atoms with Crippen molar-refractivity contribution in [2.75, 3.05) is 35.7 Å². The highest BCUT2D eigenvalue weighted by Gasteiger charge is 2.25. The number of carbonyl (C=O) groups excluding carboxylic acids is 1. The molecule has 188 valence electrons. The lowest BCUT2D eigenvalue weighted by Gasteiger charge is -2.21. The van der Waals surface area contributed by atoms with Crippen LogP contribution in [0.15, 0.2) is 58.1 Å². The molecule has 0 aliphatic carbocycles. The van der Waals surface area contributed by atoms with Gasteiger partial charge in [-0.25, -0.2) is 19.2 Å². The smallest absolute Gasteiger partial charge is 0.323 e. The molecule has 0 unspecified atom stereocenters. The molecule has 0 radical (unpaired) electrons. The number of nitrogens with zero attached hydrogens (tertiary/aromatic N) is 4. The Morgan fingerprint density at radius 2 is 2.00 bits per heavy atom. The zero-order valence-electron chi connectivity index (χ0n) is 19.3. The van der Waals surface area contributed by atoms with Crippen molar-refractivity contribution < 1.29 is 13.9 Å². The highest BCUT2D eigenvalue weighted by atomic mass is 79.9. The summed E-state index contributed by atoms with van der Waals surface area (Å²) in [5.41, 5.74) is 3.18. The Hall–Kier alpha value is -3.54. The Balaban J connectivity index is 1.38. The van der Waals surface area contributed by atoms with Gasteiger partial charge in [-0.05, 0) is 30.3 Å². The van der Waals surface area contributed by atoms with Crippen LogP contribution in [0.3, 0.4) is 0 Å². The number of rotatable bonds is 4. The topological polar surface area (TPSA) is 105 Å². The highest BCUT2D eigenvalue weighted by Crippen LogP contribution is 2.41. The summed E-state index contributed by atoms with van der Waals surface area (Å²) in [6.07, 6.45) is 1.74.